The molecule has 0 aromatic carbocycles. The Morgan fingerprint density at radius 2 is 1.90 bits per heavy atom. The molecule has 0 saturated carbocycles. The van der Waals surface area contributed by atoms with E-state index in [1.54, 1.807) is 21.0 Å². The van der Waals surface area contributed by atoms with Crippen LogP contribution in [0.5, 0.6) is 0 Å². The Kier molecular flexibility index (Phi) is 11.8. The van der Waals surface area contributed by atoms with E-state index in [0.29, 0.717) is 32.5 Å². The summed E-state index contributed by atoms with van der Waals surface area (Å²) in [6.07, 6.45) is 0.748. The molecule has 1 fully saturated rings. The number of carbonyl (C=O) groups is 4. The van der Waals surface area contributed by atoms with E-state index in [1.807, 2.05) is 0 Å². The number of nitrogens with one attached hydrogen (secondary N) is 3. The maximum atomic E-state index is 12.6. The Bertz CT molecular complexity index is 555. The smallest absolute Gasteiger partial charge is 0.407 e. The summed E-state index contributed by atoms with van der Waals surface area (Å²) in [5.74, 6) is -2.55. The molecule has 0 aromatic heterocycles. The van der Waals surface area contributed by atoms with Gasteiger partial charge in [0.15, 0.2) is 0 Å². The third-order valence-electron chi connectivity index (χ3n) is 4.13. The lowest BCUT2D eigenvalue weighted by molar-refractivity contribution is -0.147. The zero-order chi connectivity index (χ0) is 21.6. The van der Waals surface area contributed by atoms with Crippen molar-refractivity contribution in [2.75, 3.05) is 40.1 Å². The van der Waals surface area contributed by atoms with E-state index in [-0.39, 0.29) is 25.7 Å². The molecule has 166 valence electrons. The van der Waals surface area contributed by atoms with E-state index in [1.165, 1.54) is 0 Å². The second-order valence-electron chi connectivity index (χ2n) is 6.81. The van der Waals surface area contributed by atoms with Crippen LogP contribution in [-0.2, 0) is 33.4 Å². The maximum Gasteiger partial charge on any atom is 0.407 e. The summed E-state index contributed by atoms with van der Waals surface area (Å²) in [4.78, 5) is 53.4. The molecule has 3 N–H and O–H groups in total. The summed E-state index contributed by atoms with van der Waals surface area (Å²) in [7, 11) is 1.55. The summed E-state index contributed by atoms with van der Waals surface area (Å²) in [6, 6.07) is -1.92. The SMILES string of the molecule is COCCOCCOC(=O)NC(C(=O)NC1CCCCONC(=O)C1=O)C(C)C. The molecule has 0 radical (unpaired) electrons. The van der Waals surface area contributed by atoms with Gasteiger partial charge in [-0.1, -0.05) is 13.8 Å². The molecule has 2 unspecified atom stereocenters. The van der Waals surface area contributed by atoms with Gasteiger partial charge in [-0.2, -0.15) is 0 Å². The van der Waals surface area contributed by atoms with Gasteiger partial charge in [0.2, 0.25) is 11.7 Å². The third-order valence-corrected chi connectivity index (χ3v) is 4.13. The highest BCUT2D eigenvalue weighted by atomic mass is 16.7. The van der Waals surface area contributed by atoms with E-state index >= 15 is 0 Å². The quantitative estimate of drug-likeness (QED) is 0.325. The predicted octanol–water partition coefficient (Wildman–Crippen LogP) is -0.314. The summed E-state index contributed by atoms with van der Waals surface area (Å²) in [5.41, 5.74) is 2.05. The Morgan fingerprint density at radius 3 is 2.59 bits per heavy atom. The van der Waals surface area contributed by atoms with Crippen LogP contribution in [0.1, 0.15) is 33.1 Å². The first-order valence-electron chi connectivity index (χ1n) is 9.63. The van der Waals surface area contributed by atoms with Crippen molar-refractivity contribution in [3.05, 3.63) is 0 Å². The maximum absolute atomic E-state index is 12.6. The van der Waals surface area contributed by atoms with Gasteiger partial charge in [-0.05, 0) is 25.2 Å². The van der Waals surface area contributed by atoms with Crippen molar-refractivity contribution in [2.45, 2.75) is 45.2 Å². The summed E-state index contributed by atoms with van der Waals surface area (Å²) in [5, 5.41) is 5.04. The predicted molar refractivity (Wildman–Crippen MR) is 101 cm³/mol. The van der Waals surface area contributed by atoms with Gasteiger partial charge >= 0.3 is 12.0 Å². The van der Waals surface area contributed by atoms with Crippen molar-refractivity contribution in [1.29, 1.82) is 0 Å². The number of hydrogen-bond acceptors (Lipinski definition) is 8. The number of hydrogen-bond donors (Lipinski definition) is 3. The Hall–Kier alpha value is -2.24. The Balaban J connectivity index is 2.56. The van der Waals surface area contributed by atoms with E-state index in [4.69, 9.17) is 19.0 Å². The Morgan fingerprint density at radius 1 is 1.17 bits per heavy atom. The number of amides is 3. The molecular weight excluding hydrogens is 386 g/mol. The van der Waals surface area contributed by atoms with Crippen LogP contribution in [0, 0.1) is 5.92 Å². The summed E-state index contributed by atoms with van der Waals surface area (Å²) < 4.78 is 15.0. The lowest BCUT2D eigenvalue weighted by Crippen LogP contribution is -2.55. The van der Waals surface area contributed by atoms with Crippen LogP contribution >= 0.6 is 0 Å². The van der Waals surface area contributed by atoms with Crippen LogP contribution in [0.15, 0.2) is 0 Å². The zero-order valence-electron chi connectivity index (χ0n) is 17.2. The topological polar surface area (TPSA) is 141 Å². The number of carbonyl (C=O) groups excluding carboxylic acids is 4. The zero-order valence-corrected chi connectivity index (χ0v) is 17.2. The van der Waals surface area contributed by atoms with Gasteiger partial charge in [-0.25, -0.2) is 10.3 Å². The molecule has 11 nitrogen and oxygen atoms in total. The highest BCUT2D eigenvalue weighted by molar-refractivity contribution is 6.38. The second kappa shape index (κ2) is 13.9. The van der Waals surface area contributed by atoms with Crippen LogP contribution in [0.25, 0.3) is 0 Å². The average Bonchev–Trinajstić information content (AvgIpc) is 2.75. The van der Waals surface area contributed by atoms with Crippen molar-refractivity contribution in [1.82, 2.24) is 16.1 Å². The highest BCUT2D eigenvalue weighted by Crippen LogP contribution is 2.08. The molecule has 0 spiro atoms. The first-order chi connectivity index (χ1) is 13.9. The van der Waals surface area contributed by atoms with Gasteiger partial charge < -0.3 is 24.8 Å². The van der Waals surface area contributed by atoms with E-state index < -0.39 is 35.8 Å². The minimum atomic E-state index is -0.988. The van der Waals surface area contributed by atoms with Crippen molar-refractivity contribution in [3.8, 4) is 0 Å². The third kappa shape index (κ3) is 9.68. The van der Waals surface area contributed by atoms with Gasteiger partial charge in [0.05, 0.1) is 32.5 Å². The van der Waals surface area contributed by atoms with Crippen LogP contribution in [0.4, 0.5) is 4.79 Å². The first-order valence-corrected chi connectivity index (χ1v) is 9.63. The van der Waals surface area contributed by atoms with Crippen molar-refractivity contribution >= 4 is 23.7 Å². The molecule has 1 aliphatic rings. The average molecular weight is 417 g/mol. The molecular formula is C18H31N3O8. The normalized spacial score (nSPS) is 18.8. The van der Waals surface area contributed by atoms with E-state index in [9.17, 15) is 19.2 Å². The molecule has 0 aromatic rings. The molecule has 11 heteroatoms. The fourth-order valence-electron chi connectivity index (χ4n) is 2.52. The monoisotopic (exact) mass is 417 g/mol. The van der Waals surface area contributed by atoms with Gasteiger partial charge in [0, 0.05) is 7.11 Å². The highest BCUT2D eigenvalue weighted by Gasteiger charge is 2.32. The van der Waals surface area contributed by atoms with Crippen molar-refractivity contribution in [3.63, 3.8) is 0 Å². The van der Waals surface area contributed by atoms with Gasteiger partial charge in [-0.3, -0.25) is 19.2 Å². The van der Waals surface area contributed by atoms with Crippen molar-refractivity contribution in [2.24, 2.45) is 5.92 Å². The van der Waals surface area contributed by atoms with Crippen LogP contribution in [0.3, 0.4) is 0 Å². The standard InChI is InChI=1S/C18H31N3O8/c1-12(2)14(20-18(25)28-11-10-27-9-8-26-3)16(23)19-13-6-4-5-7-29-21-17(24)15(13)22/h12-14H,4-11H2,1-3H3,(H,19,23)(H,20,25)(H,21,24). The van der Waals surface area contributed by atoms with Gasteiger partial charge in [0.25, 0.3) is 0 Å². The Labute approximate surface area is 170 Å². The van der Waals surface area contributed by atoms with E-state index in [2.05, 4.69) is 16.1 Å². The second-order valence-corrected chi connectivity index (χ2v) is 6.81. The number of Topliss-reactive ketones (excluding diaryl/α,β-unsaturated/α-hetero) is 1. The molecule has 3 amide bonds. The summed E-state index contributed by atoms with van der Waals surface area (Å²) in [6.45, 7) is 4.80. The van der Waals surface area contributed by atoms with E-state index in [0.717, 1.165) is 0 Å². The fraction of sp³-hybridized carbons (Fsp3) is 0.778. The lowest BCUT2D eigenvalue weighted by Gasteiger charge is -2.24. The number of alkyl carbamates (subject to hydrolysis) is 1. The largest absolute Gasteiger partial charge is 0.447 e. The first kappa shape index (κ1) is 24.8. The molecule has 0 aliphatic carbocycles. The minimum absolute atomic E-state index is 0.0171. The minimum Gasteiger partial charge on any atom is -0.447 e. The molecule has 1 aliphatic heterocycles. The molecule has 1 heterocycles. The van der Waals surface area contributed by atoms with Crippen molar-refractivity contribution < 1.29 is 38.2 Å². The molecule has 0 bridgehead atoms. The number of rotatable bonds is 10. The number of ketones is 1. The van der Waals surface area contributed by atoms with Gasteiger partial charge in [0.1, 0.15) is 12.6 Å². The molecule has 29 heavy (non-hydrogen) atoms. The van der Waals surface area contributed by atoms with Gasteiger partial charge in [-0.15, -0.1) is 0 Å². The summed E-state index contributed by atoms with van der Waals surface area (Å²) >= 11 is 0. The van der Waals surface area contributed by atoms with Crippen LogP contribution < -0.4 is 16.1 Å². The van der Waals surface area contributed by atoms with Crippen LogP contribution in [0.2, 0.25) is 0 Å². The molecule has 2 atom stereocenters. The lowest BCUT2D eigenvalue weighted by atomic mass is 10.0. The molecule has 1 rings (SSSR count). The molecule has 1 saturated heterocycles. The number of ether oxygens (including phenoxy) is 3. The fourth-order valence-corrected chi connectivity index (χ4v) is 2.52. The van der Waals surface area contributed by atoms with Crippen LogP contribution in [-0.4, -0.2) is 75.9 Å². The number of hydroxylamine groups is 1. The number of methoxy groups -OCH3 is 1.